The summed E-state index contributed by atoms with van der Waals surface area (Å²) in [6.07, 6.45) is 3.19. The number of aliphatic carboxylic acids is 1. The molecule has 7 heteroatoms. The first-order valence-electron chi connectivity index (χ1n) is 11.8. The Balaban J connectivity index is 1.43. The van der Waals surface area contributed by atoms with Gasteiger partial charge in [0.05, 0.1) is 18.6 Å². The van der Waals surface area contributed by atoms with Crippen LogP contribution in [0.5, 0.6) is 0 Å². The maximum absolute atomic E-state index is 12.1. The number of fused-ring (bicyclic) bond motifs is 1. The van der Waals surface area contributed by atoms with Gasteiger partial charge in [-0.2, -0.15) is 0 Å². The Bertz CT molecular complexity index is 1560. The van der Waals surface area contributed by atoms with Gasteiger partial charge in [-0.1, -0.05) is 96.9 Å². The fraction of sp³-hybridized carbons (Fsp3) is 0.100. The van der Waals surface area contributed by atoms with E-state index in [-0.39, 0.29) is 6.42 Å². The lowest BCUT2D eigenvalue weighted by Gasteiger charge is -2.11. The fourth-order valence-corrected chi connectivity index (χ4v) is 3.95. The maximum Gasteiger partial charge on any atom is 0.329 e. The highest BCUT2D eigenvalue weighted by molar-refractivity contribution is 6.13. The number of hydrogen-bond donors (Lipinski definition) is 1. The van der Waals surface area contributed by atoms with Gasteiger partial charge in [0, 0.05) is 17.5 Å². The first kappa shape index (κ1) is 23.6. The molecule has 0 aliphatic rings. The van der Waals surface area contributed by atoms with Crippen LogP contribution in [0.4, 0.5) is 0 Å². The number of nitrogens with zero attached hydrogens (tertiary/aromatic N) is 5. The summed E-state index contributed by atoms with van der Waals surface area (Å²) in [6.45, 7) is 0.624. The van der Waals surface area contributed by atoms with Crippen LogP contribution in [0, 0.1) is 11.8 Å². The molecular formula is C30H23N5O2. The number of carboxylic acid groups (broad SMARTS) is 1. The summed E-state index contributed by atoms with van der Waals surface area (Å²) in [7, 11) is 0. The number of imidazole rings is 1. The highest BCUT2D eigenvalue weighted by Crippen LogP contribution is 2.16. The molecule has 0 spiro atoms. The normalized spacial score (nSPS) is 11.4. The lowest BCUT2D eigenvalue weighted by Crippen LogP contribution is -2.20. The second-order valence-corrected chi connectivity index (χ2v) is 8.32. The van der Waals surface area contributed by atoms with Gasteiger partial charge in [-0.25, -0.2) is 19.7 Å². The van der Waals surface area contributed by atoms with E-state index in [1.165, 1.54) is 6.33 Å². The highest BCUT2D eigenvalue weighted by Gasteiger charge is 2.18. The minimum absolute atomic E-state index is 0.0225. The van der Waals surface area contributed by atoms with Gasteiger partial charge in [-0.05, 0) is 11.5 Å². The second-order valence-electron chi connectivity index (χ2n) is 8.32. The van der Waals surface area contributed by atoms with Crippen molar-refractivity contribution in [1.82, 2.24) is 19.5 Å². The Morgan fingerprint density at radius 2 is 1.49 bits per heavy atom. The van der Waals surface area contributed by atoms with Gasteiger partial charge in [0.2, 0.25) is 0 Å². The van der Waals surface area contributed by atoms with Crippen molar-refractivity contribution >= 4 is 22.8 Å². The molecule has 5 aromatic rings. The molecule has 180 valence electrons. The number of hydrogen-bond acceptors (Lipinski definition) is 5. The van der Waals surface area contributed by atoms with Crippen molar-refractivity contribution in [2.24, 2.45) is 4.99 Å². The Labute approximate surface area is 214 Å². The predicted octanol–water partition coefficient (Wildman–Crippen LogP) is 4.61. The van der Waals surface area contributed by atoms with Crippen molar-refractivity contribution in [3.63, 3.8) is 0 Å². The summed E-state index contributed by atoms with van der Waals surface area (Å²) in [5.74, 6) is 4.92. The van der Waals surface area contributed by atoms with E-state index in [4.69, 9.17) is 0 Å². The molecule has 0 amide bonds. The molecule has 0 aliphatic carbocycles. The van der Waals surface area contributed by atoms with Gasteiger partial charge in [-0.3, -0.25) is 4.99 Å². The van der Waals surface area contributed by atoms with Crippen LogP contribution >= 0.6 is 0 Å². The minimum atomic E-state index is -1.05. The van der Waals surface area contributed by atoms with Crippen LogP contribution in [-0.4, -0.2) is 42.3 Å². The summed E-state index contributed by atoms with van der Waals surface area (Å²) in [6, 6.07) is 28.1. The molecule has 37 heavy (non-hydrogen) atoms. The van der Waals surface area contributed by atoms with E-state index in [2.05, 4.69) is 31.8 Å². The smallest absolute Gasteiger partial charge is 0.329 e. The van der Waals surface area contributed by atoms with Gasteiger partial charge in [0.15, 0.2) is 11.7 Å². The molecule has 0 aliphatic heterocycles. The largest absolute Gasteiger partial charge is 0.480 e. The van der Waals surface area contributed by atoms with Crippen LogP contribution in [0.25, 0.3) is 11.2 Å². The third-order valence-electron chi connectivity index (χ3n) is 5.76. The Morgan fingerprint density at radius 3 is 2.11 bits per heavy atom. The summed E-state index contributed by atoms with van der Waals surface area (Å²) in [5, 5.41) is 9.91. The van der Waals surface area contributed by atoms with E-state index < -0.39 is 12.0 Å². The van der Waals surface area contributed by atoms with Crippen LogP contribution in [0.1, 0.15) is 28.8 Å². The molecule has 0 fully saturated rings. The van der Waals surface area contributed by atoms with E-state index in [1.807, 2.05) is 95.6 Å². The average molecular weight is 486 g/mol. The maximum atomic E-state index is 12.1. The molecule has 1 atom stereocenters. The molecule has 2 aromatic heterocycles. The molecule has 1 unspecified atom stereocenters. The van der Waals surface area contributed by atoms with E-state index in [0.717, 1.165) is 16.7 Å². The van der Waals surface area contributed by atoms with Crippen LogP contribution in [-0.2, 0) is 11.3 Å². The third-order valence-corrected chi connectivity index (χ3v) is 5.76. The predicted molar refractivity (Wildman–Crippen MR) is 142 cm³/mol. The van der Waals surface area contributed by atoms with E-state index in [0.29, 0.717) is 29.1 Å². The Kier molecular flexibility index (Phi) is 7.09. The summed E-state index contributed by atoms with van der Waals surface area (Å²) < 4.78 is 1.94. The number of carboxylic acids is 1. The zero-order valence-corrected chi connectivity index (χ0v) is 19.9. The molecule has 3 aromatic carbocycles. The lowest BCUT2D eigenvalue weighted by molar-refractivity contribution is -0.138. The fourth-order valence-electron chi connectivity index (χ4n) is 3.95. The van der Waals surface area contributed by atoms with Crippen LogP contribution in [0.15, 0.2) is 109 Å². The molecule has 1 N–H and O–H groups in total. The zero-order valence-electron chi connectivity index (χ0n) is 19.9. The van der Waals surface area contributed by atoms with Crippen LogP contribution in [0.3, 0.4) is 0 Å². The van der Waals surface area contributed by atoms with Crippen molar-refractivity contribution in [2.75, 3.05) is 0 Å². The van der Waals surface area contributed by atoms with Gasteiger partial charge in [-0.15, -0.1) is 0 Å². The lowest BCUT2D eigenvalue weighted by atomic mass is 10.0. The quantitative estimate of drug-likeness (QED) is 0.269. The number of aliphatic imine (C=N–C) groups is 1. The van der Waals surface area contributed by atoms with Gasteiger partial charge in [0.25, 0.3) is 0 Å². The first-order chi connectivity index (χ1) is 18.2. The summed E-state index contributed by atoms with van der Waals surface area (Å²) in [5.41, 5.74) is 5.13. The molecule has 0 radical (unpaired) electrons. The van der Waals surface area contributed by atoms with Crippen LogP contribution < -0.4 is 0 Å². The van der Waals surface area contributed by atoms with E-state index >= 15 is 0 Å². The molecule has 0 saturated heterocycles. The van der Waals surface area contributed by atoms with Crippen LogP contribution in [0.2, 0.25) is 0 Å². The first-order valence-corrected chi connectivity index (χ1v) is 11.8. The summed E-state index contributed by atoms with van der Waals surface area (Å²) in [4.78, 5) is 29.9. The minimum Gasteiger partial charge on any atom is -0.480 e. The Morgan fingerprint density at radius 1 is 0.865 bits per heavy atom. The number of carbonyl (C=O) groups is 1. The topological polar surface area (TPSA) is 93.3 Å². The van der Waals surface area contributed by atoms with Gasteiger partial charge < -0.3 is 9.67 Å². The van der Waals surface area contributed by atoms with E-state index in [1.54, 1.807) is 6.33 Å². The molecule has 7 nitrogen and oxygen atoms in total. The SMILES string of the molecule is O=C(O)C(CC#Cc1ncnc2c1ncn2Cc1ccccc1)N=C(c1ccccc1)c1ccccc1. The molecule has 0 bridgehead atoms. The highest BCUT2D eigenvalue weighted by atomic mass is 16.4. The van der Waals surface area contributed by atoms with Gasteiger partial charge >= 0.3 is 5.97 Å². The molecular weight excluding hydrogens is 462 g/mol. The third kappa shape index (κ3) is 5.60. The molecule has 2 heterocycles. The second kappa shape index (κ2) is 11.1. The number of rotatable bonds is 7. The average Bonchev–Trinajstić information content (AvgIpc) is 3.35. The molecule has 5 rings (SSSR count). The Hall–Kier alpha value is -5.09. The van der Waals surface area contributed by atoms with E-state index in [9.17, 15) is 9.90 Å². The number of aromatic nitrogens is 4. The standard InChI is InChI=1S/C30H23N5O2/c36-30(37)26(34-27(23-13-6-2-7-14-23)24-15-8-3-9-16-24)18-10-17-25-28-29(32-20-31-25)35(21-33-28)19-22-11-4-1-5-12-22/h1-9,11-16,20-21,26H,18-19H2,(H,36,37). The molecule has 0 saturated carbocycles. The van der Waals surface area contributed by atoms with Gasteiger partial charge in [0.1, 0.15) is 17.5 Å². The summed E-state index contributed by atoms with van der Waals surface area (Å²) >= 11 is 0. The zero-order chi connectivity index (χ0) is 25.5. The number of benzene rings is 3. The van der Waals surface area contributed by atoms with Crippen molar-refractivity contribution in [3.05, 3.63) is 126 Å². The van der Waals surface area contributed by atoms with Crippen molar-refractivity contribution in [3.8, 4) is 11.8 Å². The van der Waals surface area contributed by atoms with Crippen molar-refractivity contribution in [2.45, 2.75) is 19.0 Å². The monoisotopic (exact) mass is 485 g/mol. The van der Waals surface area contributed by atoms with Crippen molar-refractivity contribution in [1.29, 1.82) is 0 Å². The van der Waals surface area contributed by atoms with Crippen molar-refractivity contribution < 1.29 is 9.90 Å².